The SMILES string of the molecule is COc1cc2occ(CCCCCN3CCC(C(=O)c4ccc(F)cc4)CC3)c(=O)c2cc1OC. The maximum absolute atomic E-state index is 13.1. The number of hydrogen-bond acceptors (Lipinski definition) is 6. The van der Waals surface area contributed by atoms with Gasteiger partial charge >= 0.3 is 0 Å². The molecule has 1 fully saturated rings. The average Bonchev–Trinajstić information content (AvgIpc) is 2.89. The fraction of sp³-hybridized carbons (Fsp3) is 0.429. The Morgan fingerprint density at radius 3 is 2.40 bits per heavy atom. The Labute approximate surface area is 204 Å². The zero-order chi connectivity index (χ0) is 24.8. The Hall–Kier alpha value is -3.19. The van der Waals surface area contributed by atoms with Crippen LogP contribution in [0.15, 0.2) is 51.9 Å². The van der Waals surface area contributed by atoms with Crippen LogP contribution in [0, 0.1) is 11.7 Å². The molecule has 1 aliphatic heterocycles. The van der Waals surface area contributed by atoms with Crippen LogP contribution in [0.1, 0.15) is 48.0 Å². The van der Waals surface area contributed by atoms with Gasteiger partial charge in [0.25, 0.3) is 0 Å². The molecule has 6 nitrogen and oxygen atoms in total. The Kier molecular flexibility index (Phi) is 8.18. The maximum Gasteiger partial charge on any atom is 0.195 e. The first-order valence-electron chi connectivity index (χ1n) is 12.2. The lowest BCUT2D eigenvalue weighted by Gasteiger charge is -2.31. The second-order valence-corrected chi connectivity index (χ2v) is 9.09. The van der Waals surface area contributed by atoms with E-state index in [-0.39, 0.29) is 22.9 Å². The molecule has 186 valence electrons. The summed E-state index contributed by atoms with van der Waals surface area (Å²) < 4.78 is 29.4. The molecule has 0 unspecified atom stereocenters. The van der Waals surface area contributed by atoms with Gasteiger partial charge in [-0.15, -0.1) is 0 Å². The number of benzene rings is 2. The number of ketones is 1. The number of methoxy groups -OCH3 is 2. The molecule has 4 rings (SSSR count). The lowest BCUT2D eigenvalue weighted by molar-refractivity contribution is 0.0839. The number of likely N-dealkylation sites (tertiary alicyclic amines) is 1. The highest BCUT2D eigenvalue weighted by Crippen LogP contribution is 2.31. The number of rotatable bonds is 10. The number of halogens is 1. The predicted octanol–water partition coefficient (Wildman–Crippen LogP) is 5.26. The van der Waals surface area contributed by atoms with E-state index < -0.39 is 0 Å². The fourth-order valence-electron chi connectivity index (χ4n) is 4.77. The van der Waals surface area contributed by atoms with Gasteiger partial charge in [0, 0.05) is 23.1 Å². The summed E-state index contributed by atoms with van der Waals surface area (Å²) in [7, 11) is 3.09. The van der Waals surface area contributed by atoms with Crippen molar-refractivity contribution in [2.45, 2.75) is 38.5 Å². The van der Waals surface area contributed by atoms with Crippen molar-refractivity contribution in [1.82, 2.24) is 4.90 Å². The monoisotopic (exact) mass is 481 g/mol. The zero-order valence-electron chi connectivity index (χ0n) is 20.3. The minimum Gasteiger partial charge on any atom is -0.493 e. The standard InChI is InChI=1S/C28H32FNO5/c1-33-25-16-23-24(17-26(25)34-2)35-18-21(28(23)32)6-4-3-5-13-30-14-11-20(12-15-30)27(31)19-7-9-22(29)10-8-19/h7-10,16-18,20H,3-6,11-15H2,1-2H3. The number of fused-ring (bicyclic) bond motifs is 1. The van der Waals surface area contributed by atoms with Gasteiger partial charge in [-0.1, -0.05) is 6.42 Å². The number of nitrogens with zero attached hydrogens (tertiary/aromatic N) is 1. The van der Waals surface area contributed by atoms with Crippen LogP contribution >= 0.6 is 0 Å². The molecule has 1 saturated heterocycles. The maximum atomic E-state index is 13.1. The van der Waals surface area contributed by atoms with Crippen LogP contribution in [-0.2, 0) is 6.42 Å². The van der Waals surface area contributed by atoms with Gasteiger partial charge in [-0.25, -0.2) is 4.39 Å². The number of hydrogen-bond donors (Lipinski definition) is 0. The highest BCUT2D eigenvalue weighted by molar-refractivity contribution is 5.97. The van der Waals surface area contributed by atoms with Crippen LogP contribution in [-0.4, -0.2) is 44.5 Å². The third-order valence-electron chi connectivity index (χ3n) is 6.86. The van der Waals surface area contributed by atoms with E-state index in [1.165, 1.54) is 12.1 Å². The van der Waals surface area contributed by atoms with E-state index in [1.807, 2.05) is 0 Å². The zero-order valence-corrected chi connectivity index (χ0v) is 20.3. The quantitative estimate of drug-likeness (QED) is 0.291. The number of aryl methyl sites for hydroxylation is 1. The van der Waals surface area contributed by atoms with Gasteiger partial charge in [0.05, 0.1) is 25.9 Å². The van der Waals surface area contributed by atoms with Crippen molar-refractivity contribution in [2.24, 2.45) is 5.92 Å². The average molecular weight is 482 g/mol. The molecule has 1 aromatic heterocycles. The van der Waals surface area contributed by atoms with E-state index in [4.69, 9.17) is 13.9 Å². The molecule has 35 heavy (non-hydrogen) atoms. The smallest absolute Gasteiger partial charge is 0.195 e. The largest absolute Gasteiger partial charge is 0.493 e. The molecule has 1 aliphatic rings. The number of unbranched alkanes of at least 4 members (excludes halogenated alkanes) is 2. The normalized spacial score (nSPS) is 14.8. The predicted molar refractivity (Wildman–Crippen MR) is 133 cm³/mol. The molecule has 0 saturated carbocycles. The summed E-state index contributed by atoms with van der Waals surface area (Å²) >= 11 is 0. The molecular formula is C28H32FNO5. The summed E-state index contributed by atoms with van der Waals surface area (Å²) in [6.07, 6.45) is 6.85. The molecule has 2 aromatic carbocycles. The summed E-state index contributed by atoms with van der Waals surface area (Å²) in [4.78, 5) is 27.9. The van der Waals surface area contributed by atoms with Crippen molar-refractivity contribution in [3.8, 4) is 11.5 Å². The number of carbonyl (C=O) groups is 1. The lowest BCUT2D eigenvalue weighted by Crippen LogP contribution is -2.36. The van der Waals surface area contributed by atoms with Crippen LogP contribution in [0.25, 0.3) is 11.0 Å². The Morgan fingerprint density at radius 2 is 1.71 bits per heavy atom. The van der Waals surface area contributed by atoms with Gasteiger partial charge in [-0.2, -0.15) is 0 Å². The van der Waals surface area contributed by atoms with Gasteiger partial charge in [-0.05, 0) is 82.1 Å². The first-order valence-corrected chi connectivity index (χ1v) is 12.2. The van der Waals surface area contributed by atoms with Crippen molar-refractivity contribution in [2.75, 3.05) is 33.9 Å². The van der Waals surface area contributed by atoms with E-state index >= 15 is 0 Å². The molecule has 7 heteroatoms. The van der Waals surface area contributed by atoms with E-state index in [9.17, 15) is 14.0 Å². The van der Waals surface area contributed by atoms with Gasteiger partial charge in [0.1, 0.15) is 11.4 Å². The topological polar surface area (TPSA) is 69.0 Å². The van der Waals surface area contributed by atoms with Gasteiger partial charge in [0.2, 0.25) is 0 Å². The second-order valence-electron chi connectivity index (χ2n) is 9.09. The fourth-order valence-corrected chi connectivity index (χ4v) is 4.77. The number of carbonyl (C=O) groups excluding carboxylic acids is 1. The van der Waals surface area contributed by atoms with Crippen LogP contribution in [0.5, 0.6) is 11.5 Å². The molecule has 2 heterocycles. The van der Waals surface area contributed by atoms with E-state index in [2.05, 4.69) is 4.90 Å². The summed E-state index contributed by atoms with van der Waals surface area (Å²) in [5, 5.41) is 0.498. The molecule has 3 aromatic rings. The van der Waals surface area contributed by atoms with Crippen molar-refractivity contribution in [3.63, 3.8) is 0 Å². The Morgan fingerprint density at radius 1 is 1.03 bits per heavy atom. The van der Waals surface area contributed by atoms with E-state index in [0.717, 1.165) is 51.7 Å². The summed E-state index contributed by atoms with van der Waals surface area (Å²) in [6, 6.07) is 9.20. The van der Waals surface area contributed by atoms with Crippen LogP contribution in [0.2, 0.25) is 0 Å². The lowest BCUT2D eigenvalue weighted by atomic mass is 9.89. The van der Waals surface area contributed by atoms with Crippen molar-refractivity contribution < 1.29 is 23.1 Å². The third kappa shape index (κ3) is 5.90. The highest BCUT2D eigenvalue weighted by atomic mass is 19.1. The Balaban J connectivity index is 1.21. The summed E-state index contributed by atoms with van der Waals surface area (Å²) in [6.45, 7) is 2.79. The van der Waals surface area contributed by atoms with Gasteiger partial charge in [0.15, 0.2) is 22.7 Å². The Bertz CT molecular complexity index is 1210. The molecule has 0 atom stereocenters. The number of ether oxygens (including phenoxy) is 2. The van der Waals surface area contributed by atoms with Crippen molar-refractivity contribution >= 4 is 16.8 Å². The first kappa shape index (κ1) is 24.9. The third-order valence-corrected chi connectivity index (χ3v) is 6.86. The van der Waals surface area contributed by atoms with Crippen LogP contribution in [0.3, 0.4) is 0 Å². The molecule has 0 N–H and O–H groups in total. The highest BCUT2D eigenvalue weighted by Gasteiger charge is 2.25. The summed E-state index contributed by atoms with van der Waals surface area (Å²) in [5.74, 6) is 0.850. The first-order chi connectivity index (χ1) is 17.0. The van der Waals surface area contributed by atoms with Gasteiger partial charge < -0.3 is 18.8 Å². The van der Waals surface area contributed by atoms with Crippen molar-refractivity contribution in [1.29, 1.82) is 0 Å². The van der Waals surface area contributed by atoms with Gasteiger partial charge in [-0.3, -0.25) is 9.59 Å². The molecule has 0 aliphatic carbocycles. The molecule has 0 radical (unpaired) electrons. The second kappa shape index (κ2) is 11.5. The van der Waals surface area contributed by atoms with Crippen LogP contribution in [0.4, 0.5) is 4.39 Å². The molecule has 0 spiro atoms. The molecule has 0 amide bonds. The minimum absolute atomic E-state index is 0.0161. The number of piperidine rings is 1. The minimum atomic E-state index is -0.321. The molecule has 0 bridgehead atoms. The van der Waals surface area contributed by atoms with E-state index in [0.29, 0.717) is 40.0 Å². The number of Topliss-reactive ketones (excluding diaryl/α,β-unsaturated/α-hetero) is 1. The summed E-state index contributed by atoms with van der Waals surface area (Å²) in [5.41, 5.74) is 1.73. The molecular weight excluding hydrogens is 449 g/mol. The van der Waals surface area contributed by atoms with Crippen LogP contribution < -0.4 is 14.9 Å². The van der Waals surface area contributed by atoms with E-state index in [1.54, 1.807) is 44.7 Å². The van der Waals surface area contributed by atoms with Crippen molar-refractivity contribution in [3.05, 3.63) is 69.8 Å².